The van der Waals surface area contributed by atoms with Crippen molar-refractivity contribution in [3.8, 4) is 0 Å². The van der Waals surface area contributed by atoms with Crippen LogP contribution in [-0.2, 0) is 6.42 Å². The molecule has 1 N–H and O–H groups in total. The molecule has 21 heavy (non-hydrogen) atoms. The molecule has 3 rings (SSSR count). The maximum Gasteiger partial charge on any atom is 0.137 e. The number of thiophene rings is 1. The summed E-state index contributed by atoms with van der Waals surface area (Å²) in [6.07, 6.45) is 0.836. The predicted octanol–water partition coefficient (Wildman–Crippen LogP) is 5.31. The average Bonchev–Trinajstić information content (AvgIpc) is 2.92. The second kappa shape index (κ2) is 6.26. The number of hydrogen-bond donors (Lipinski definition) is 1. The van der Waals surface area contributed by atoms with E-state index >= 15 is 0 Å². The van der Waals surface area contributed by atoms with E-state index in [-0.39, 0.29) is 11.9 Å². The van der Waals surface area contributed by atoms with Gasteiger partial charge in [-0.2, -0.15) is 0 Å². The Balaban J connectivity index is 1.88. The van der Waals surface area contributed by atoms with Crippen molar-refractivity contribution in [3.63, 3.8) is 0 Å². The van der Waals surface area contributed by atoms with Crippen molar-refractivity contribution in [2.24, 2.45) is 0 Å². The number of likely N-dealkylation sites (N-methyl/N-ethyl adjacent to an activating group) is 1. The van der Waals surface area contributed by atoms with Gasteiger partial charge in [0.05, 0.1) is 4.47 Å². The van der Waals surface area contributed by atoms with Crippen LogP contribution in [0, 0.1) is 5.82 Å². The van der Waals surface area contributed by atoms with Crippen LogP contribution in [-0.4, -0.2) is 7.05 Å². The lowest BCUT2D eigenvalue weighted by Crippen LogP contribution is -2.17. The van der Waals surface area contributed by atoms with Crippen LogP contribution in [0.15, 0.2) is 53.0 Å². The van der Waals surface area contributed by atoms with E-state index in [9.17, 15) is 4.39 Å². The number of nitrogens with one attached hydrogen (secondary N) is 1. The highest BCUT2D eigenvalue weighted by Crippen LogP contribution is 2.31. The van der Waals surface area contributed by atoms with Gasteiger partial charge in [0.15, 0.2) is 0 Å². The number of halogens is 2. The van der Waals surface area contributed by atoms with Crippen molar-refractivity contribution in [2.45, 2.75) is 12.5 Å². The molecule has 3 aromatic rings. The fourth-order valence-electron chi connectivity index (χ4n) is 2.42. The summed E-state index contributed by atoms with van der Waals surface area (Å²) in [6.45, 7) is 0. The highest BCUT2D eigenvalue weighted by Gasteiger charge is 2.14. The standard InChI is InChI=1S/C17H15BrFNS/c1-20-15(9-11-6-7-14(19)13(18)8-11)17-10-12-4-2-3-5-16(12)21-17/h2-8,10,15,20H,9H2,1H3. The van der Waals surface area contributed by atoms with E-state index in [1.165, 1.54) is 21.0 Å². The molecule has 0 aliphatic heterocycles. The van der Waals surface area contributed by atoms with Crippen molar-refractivity contribution >= 4 is 37.4 Å². The number of fused-ring (bicyclic) bond motifs is 1. The van der Waals surface area contributed by atoms with Crippen LogP contribution in [0.3, 0.4) is 0 Å². The molecule has 1 atom stereocenters. The van der Waals surface area contributed by atoms with E-state index in [1.54, 1.807) is 0 Å². The van der Waals surface area contributed by atoms with Crippen LogP contribution in [0.5, 0.6) is 0 Å². The number of rotatable bonds is 4. The normalized spacial score (nSPS) is 12.7. The van der Waals surface area contributed by atoms with Crippen LogP contribution in [0.4, 0.5) is 4.39 Å². The summed E-state index contributed by atoms with van der Waals surface area (Å²) < 4.78 is 15.1. The largest absolute Gasteiger partial charge is 0.312 e. The summed E-state index contributed by atoms with van der Waals surface area (Å²) in [5.74, 6) is -0.221. The molecule has 1 unspecified atom stereocenters. The minimum atomic E-state index is -0.221. The van der Waals surface area contributed by atoms with Gasteiger partial charge in [0.1, 0.15) is 5.82 Å². The minimum absolute atomic E-state index is 0.221. The van der Waals surface area contributed by atoms with Crippen molar-refractivity contribution < 1.29 is 4.39 Å². The van der Waals surface area contributed by atoms with Crippen molar-refractivity contribution in [1.29, 1.82) is 0 Å². The lowest BCUT2D eigenvalue weighted by molar-refractivity contribution is 0.596. The fourth-order valence-corrected chi connectivity index (χ4v) is 4.02. The average molecular weight is 364 g/mol. The second-order valence-electron chi connectivity index (χ2n) is 4.98. The third kappa shape index (κ3) is 3.18. The van der Waals surface area contributed by atoms with Gasteiger partial charge in [-0.15, -0.1) is 11.3 Å². The molecule has 1 heterocycles. The Bertz CT molecular complexity index is 735. The summed E-state index contributed by atoms with van der Waals surface area (Å²) >= 11 is 5.06. The topological polar surface area (TPSA) is 12.0 Å². The molecule has 2 aromatic carbocycles. The molecular weight excluding hydrogens is 349 g/mol. The summed E-state index contributed by atoms with van der Waals surface area (Å²) in [6, 6.07) is 16.1. The lowest BCUT2D eigenvalue weighted by atomic mass is 10.0. The van der Waals surface area contributed by atoms with Crippen molar-refractivity contribution in [1.82, 2.24) is 5.32 Å². The van der Waals surface area contributed by atoms with Gasteiger partial charge in [0.25, 0.3) is 0 Å². The van der Waals surface area contributed by atoms with Crippen LogP contribution < -0.4 is 5.32 Å². The minimum Gasteiger partial charge on any atom is -0.312 e. The molecule has 0 saturated heterocycles. The zero-order chi connectivity index (χ0) is 14.8. The number of hydrogen-bond acceptors (Lipinski definition) is 2. The maximum absolute atomic E-state index is 13.3. The van der Waals surface area contributed by atoms with Crippen LogP contribution >= 0.6 is 27.3 Å². The molecule has 0 radical (unpaired) electrons. The molecule has 108 valence electrons. The lowest BCUT2D eigenvalue weighted by Gasteiger charge is -2.14. The molecular formula is C17H15BrFNS. The Labute approximate surface area is 135 Å². The van der Waals surface area contributed by atoms with Crippen LogP contribution in [0.25, 0.3) is 10.1 Å². The number of benzene rings is 2. The molecule has 1 aromatic heterocycles. The Kier molecular flexibility index (Phi) is 4.38. The monoisotopic (exact) mass is 363 g/mol. The zero-order valence-electron chi connectivity index (χ0n) is 11.6. The predicted molar refractivity (Wildman–Crippen MR) is 91.4 cm³/mol. The van der Waals surface area contributed by atoms with Crippen molar-refractivity contribution in [2.75, 3.05) is 7.05 Å². The first-order chi connectivity index (χ1) is 10.2. The quantitative estimate of drug-likeness (QED) is 0.662. The van der Waals surface area contributed by atoms with Gasteiger partial charge in [0.2, 0.25) is 0 Å². The van der Waals surface area contributed by atoms with Gasteiger partial charge >= 0.3 is 0 Å². The van der Waals surface area contributed by atoms with Gasteiger partial charge in [-0.25, -0.2) is 4.39 Å². The van der Waals surface area contributed by atoms with Gasteiger partial charge in [-0.3, -0.25) is 0 Å². The molecule has 0 saturated carbocycles. The SMILES string of the molecule is CNC(Cc1ccc(F)c(Br)c1)c1cc2ccccc2s1. The molecule has 0 amide bonds. The van der Waals surface area contributed by atoms with Gasteiger partial charge in [-0.05, 0) is 64.6 Å². The molecule has 0 fully saturated rings. The van der Waals surface area contributed by atoms with E-state index in [1.807, 2.05) is 30.5 Å². The zero-order valence-corrected chi connectivity index (χ0v) is 14.0. The Morgan fingerprint density at radius 2 is 2.00 bits per heavy atom. The summed E-state index contributed by atoms with van der Waals surface area (Å²) in [5.41, 5.74) is 1.11. The molecule has 0 aliphatic rings. The highest BCUT2D eigenvalue weighted by molar-refractivity contribution is 9.10. The summed E-state index contributed by atoms with van der Waals surface area (Å²) in [4.78, 5) is 1.30. The van der Waals surface area contributed by atoms with Gasteiger partial charge < -0.3 is 5.32 Å². The highest BCUT2D eigenvalue weighted by atomic mass is 79.9. The van der Waals surface area contributed by atoms with Crippen molar-refractivity contribution in [3.05, 3.63) is 69.3 Å². The first-order valence-corrected chi connectivity index (χ1v) is 8.38. The summed E-state index contributed by atoms with van der Waals surface area (Å²) in [5, 5.41) is 4.64. The fraction of sp³-hybridized carbons (Fsp3) is 0.176. The molecule has 0 spiro atoms. The van der Waals surface area contributed by atoms with E-state index in [4.69, 9.17) is 0 Å². The maximum atomic E-state index is 13.3. The first-order valence-electron chi connectivity index (χ1n) is 6.77. The summed E-state index contributed by atoms with van der Waals surface area (Å²) in [7, 11) is 1.97. The second-order valence-corrected chi connectivity index (χ2v) is 6.95. The smallest absolute Gasteiger partial charge is 0.137 e. The van der Waals surface area contributed by atoms with E-state index < -0.39 is 0 Å². The van der Waals surface area contributed by atoms with E-state index in [0.717, 1.165) is 12.0 Å². The van der Waals surface area contributed by atoms with Crippen LogP contribution in [0.1, 0.15) is 16.5 Å². The molecule has 4 heteroatoms. The van der Waals surface area contributed by atoms with E-state index in [0.29, 0.717) is 4.47 Å². The first kappa shape index (κ1) is 14.7. The van der Waals surface area contributed by atoms with Gasteiger partial charge in [0, 0.05) is 15.6 Å². The van der Waals surface area contributed by atoms with Gasteiger partial charge in [-0.1, -0.05) is 24.3 Å². The third-order valence-electron chi connectivity index (χ3n) is 3.56. The molecule has 0 aliphatic carbocycles. The Hall–Kier alpha value is -1.23. The Morgan fingerprint density at radius 3 is 2.71 bits per heavy atom. The van der Waals surface area contributed by atoms with E-state index in [2.05, 4.69) is 51.6 Å². The third-order valence-corrected chi connectivity index (χ3v) is 5.40. The molecule has 1 nitrogen and oxygen atoms in total. The Morgan fingerprint density at radius 1 is 1.19 bits per heavy atom. The molecule has 0 bridgehead atoms. The van der Waals surface area contributed by atoms with Crippen LogP contribution in [0.2, 0.25) is 0 Å².